The number of nitrogens with one attached hydrogen (secondary N) is 1. The van der Waals surface area contributed by atoms with Gasteiger partial charge in [-0.1, -0.05) is 26.0 Å². The van der Waals surface area contributed by atoms with E-state index in [0.29, 0.717) is 35.7 Å². The predicted molar refractivity (Wildman–Crippen MR) is 153 cm³/mol. The van der Waals surface area contributed by atoms with Gasteiger partial charge in [-0.3, -0.25) is 19.4 Å². The van der Waals surface area contributed by atoms with E-state index in [0.717, 1.165) is 0 Å². The van der Waals surface area contributed by atoms with Crippen LogP contribution in [0, 0.1) is 11.7 Å². The Balaban J connectivity index is 2.30. The van der Waals surface area contributed by atoms with Gasteiger partial charge in [-0.25, -0.2) is 10.2 Å². The second-order valence-corrected chi connectivity index (χ2v) is 10.5. The van der Waals surface area contributed by atoms with Gasteiger partial charge in [-0.05, 0) is 45.6 Å². The van der Waals surface area contributed by atoms with Crippen LogP contribution in [0.3, 0.4) is 0 Å². The largest absolute Gasteiger partial charge is 0.423 e. The molecule has 1 aromatic rings. The van der Waals surface area contributed by atoms with Crippen molar-refractivity contribution in [1.82, 2.24) is 15.2 Å². The van der Waals surface area contributed by atoms with E-state index >= 15 is 4.39 Å². The number of aliphatic imine (C=N–C) groups is 1. The Morgan fingerprint density at radius 3 is 2.54 bits per heavy atom. The minimum Gasteiger partial charge on any atom is -0.423 e. The highest BCUT2D eigenvalue weighted by Crippen LogP contribution is 2.36. The van der Waals surface area contributed by atoms with E-state index in [2.05, 4.69) is 17.0 Å². The van der Waals surface area contributed by atoms with Crippen molar-refractivity contribution in [2.45, 2.75) is 66.1 Å². The average molecular weight is 563 g/mol. The maximum Gasteiger partial charge on any atom is 0.308 e. The van der Waals surface area contributed by atoms with Gasteiger partial charge in [0.2, 0.25) is 11.8 Å². The van der Waals surface area contributed by atoms with Crippen LogP contribution in [0.4, 0.5) is 4.39 Å². The summed E-state index contributed by atoms with van der Waals surface area (Å²) in [5, 5.41) is 4.06. The lowest BCUT2D eigenvalue weighted by molar-refractivity contribution is -0.143. The van der Waals surface area contributed by atoms with Crippen LogP contribution in [0.15, 0.2) is 34.7 Å². The summed E-state index contributed by atoms with van der Waals surface area (Å²) in [5.41, 5.74) is 7.20. The van der Waals surface area contributed by atoms with Gasteiger partial charge in [0.1, 0.15) is 12.1 Å². The van der Waals surface area contributed by atoms with Crippen molar-refractivity contribution in [3.63, 3.8) is 0 Å². The van der Waals surface area contributed by atoms with Crippen LogP contribution in [0.5, 0.6) is 5.75 Å². The van der Waals surface area contributed by atoms with Crippen molar-refractivity contribution >= 4 is 41.2 Å². The number of amides is 2. The smallest absolute Gasteiger partial charge is 0.308 e. The fraction of sp³-hybridized carbons (Fsp3) is 0.481. The molecular weight excluding hydrogens is 523 g/mol. The quantitative estimate of drug-likeness (QED) is 0.123. The number of carbonyl (C=O) groups is 3. The summed E-state index contributed by atoms with van der Waals surface area (Å²) in [6.07, 6.45) is 4.39. The van der Waals surface area contributed by atoms with Crippen LogP contribution in [-0.2, 0) is 20.9 Å². The molecule has 0 saturated carbocycles. The maximum absolute atomic E-state index is 15.6. The number of hydrogen-bond donors (Lipinski definition) is 3. The number of hydrazine groups is 1. The van der Waals surface area contributed by atoms with Crippen molar-refractivity contribution in [1.29, 1.82) is 0 Å². The third-order valence-corrected chi connectivity index (χ3v) is 7.21. The van der Waals surface area contributed by atoms with E-state index in [1.165, 1.54) is 34.8 Å². The summed E-state index contributed by atoms with van der Waals surface area (Å²) in [6.45, 7) is 12.1. The van der Waals surface area contributed by atoms with E-state index in [1.807, 2.05) is 13.8 Å². The third kappa shape index (κ3) is 7.82. The standard InChI is InChI=1S/C27H39FN6O4S/c1-15(2)23(34(30)14-16(3)29)27(37)33-12-8-9-21(33)26(36)32-13-19-10-11-20(25(39-7)17(4)31-6)22(28)24(19)38-18(5)35/h10-11,14-15,21,23H,6,8-9,12-13,29-30H2,1-5,7H3,(H,32,36)/b16-14-,25-17-. The molecule has 214 valence electrons. The van der Waals surface area contributed by atoms with E-state index < -0.39 is 29.8 Å². The normalized spacial score (nSPS) is 17.0. The van der Waals surface area contributed by atoms with Crippen LogP contribution in [0.25, 0.3) is 4.91 Å². The second kappa shape index (κ2) is 14.1. The van der Waals surface area contributed by atoms with Gasteiger partial charge in [0.25, 0.3) is 0 Å². The van der Waals surface area contributed by atoms with Crippen molar-refractivity contribution in [3.05, 3.63) is 46.7 Å². The molecular formula is C27H39FN6O4S. The molecule has 1 aliphatic rings. The van der Waals surface area contributed by atoms with Gasteiger partial charge < -0.3 is 25.7 Å². The zero-order chi connectivity index (χ0) is 29.4. The molecule has 39 heavy (non-hydrogen) atoms. The summed E-state index contributed by atoms with van der Waals surface area (Å²) >= 11 is 1.29. The molecule has 0 aliphatic carbocycles. The lowest BCUT2D eigenvalue weighted by Crippen LogP contribution is -2.55. The Bertz CT molecular complexity index is 1170. The van der Waals surface area contributed by atoms with Gasteiger partial charge in [-0.15, -0.1) is 11.8 Å². The van der Waals surface area contributed by atoms with Crippen LogP contribution in [0.2, 0.25) is 0 Å². The van der Waals surface area contributed by atoms with Gasteiger partial charge >= 0.3 is 5.97 Å². The summed E-state index contributed by atoms with van der Waals surface area (Å²) in [5.74, 6) is 3.59. The molecule has 0 radical (unpaired) electrons. The Labute approximate surface area is 233 Å². The summed E-state index contributed by atoms with van der Waals surface area (Å²) in [4.78, 5) is 44.4. The van der Waals surface area contributed by atoms with Crippen molar-refractivity contribution < 1.29 is 23.5 Å². The molecule has 1 saturated heterocycles. The summed E-state index contributed by atoms with van der Waals surface area (Å²) in [6, 6.07) is 1.71. The number of nitrogens with two attached hydrogens (primary N) is 2. The molecule has 10 nitrogen and oxygen atoms in total. The number of allylic oxidation sites excluding steroid dienone is 2. The molecule has 1 aliphatic heterocycles. The molecule has 0 bridgehead atoms. The molecule has 1 aromatic carbocycles. The Kier molecular flexibility index (Phi) is 11.5. The number of rotatable bonds is 11. The maximum atomic E-state index is 15.6. The number of hydrogen-bond acceptors (Lipinski definition) is 9. The van der Waals surface area contributed by atoms with Gasteiger partial charge in [0.05, 0.1) is 5.70 Å². The molecule has 5 N–H and O–H groups in total. The molecule has 2 unspecified atom stereocenters. The number of benzene rings is 1. The Morgan fingerprint density at radius 1 is 1.33 bits per heavy atom. The van der Waals surface area contributed by atoms with Crippen LogP contribution < -0.4 is 21.6 Å². The lowest BCUT2D eigenvalue weighted by Gasteiger charge is -2.34. The third-order valence-electron chi connectivity index (χ3n) is 6.29. The highest BCUT2D eigenvalue weighted by molar-refractivity contribution is 8.07. The minimum atomic E-state index is -0.743. The van der Waals surface area contributed by atoms with Crippen LogP contribution >= 0.6 is 11.8 Å². The average Bonchev–Trinajstić information content (AvgIpc) is 3.35. The summed E-state index contributed by atoms with van der Waals surface area (Å²) in [7, 11) is 0. The van der Waals surface area contributed by atoms with E-state index in [4.69, 9.17) is 16.3 Å². The van der Waals surface area contributed by atoms with Crippen molar-refractivity contribution in [2.24, 2.45) is 22.5 Å². The fourth-order valence-corrected chi connectivity index (χ4v) is 5.27. The number of likely N-dealkylation sites (tertiary alicyclic amines) is 1. The first-order valence-electron chi connectivity index (χ1n) is 12.6. The SMILES string of the molecule is C=N/C(C)=C(\SC)c1ccc(CNC(=O)C2CCCN2C(=O)C(C(C)C)N(N)/C=C(/C)N)c(OC(C)=O)c1F. The van der Waals surface area contributed by atoms with Crippen LogP contribution in [-0.4, -0.2) is 59.3 Å². The predicted octanol–water partition coefficient (Wildman–Crippen LogP) is 3.13. The van der Waals surface area contributed by atoms with Gasteiger partial charge in [0.15, 0.2) is 11.6 Å². The number of thioether (sulfide) groups is 1. The van der Waals surface area contributed by atoms with Crippen molar-refractivity contribution in [2.75, 3.05) is 12.8 Å². The lowest BCUT2D eigenvalue weighted by atomic mass is 10.0. The van der Waals surface area contributed by atoms with Crippen LogP contribution in [0.1, 0.15) is 58.6 Å². The molecule has 2 rings (SSSR count). The van der Waals surface area contributed by atoms with Gasteiger partial charge in [-0.2, -0.15) is 0 Å². The zero-order valence-corrected chi connectivity index (χ0v) is 24.2. The highest BCUT2D eigenvalue weighted by Gasteiger charge is 2.39. The highest BCUT2D eigenvalue weighted by atomic mass is 32.2. The zero-order valence-electron chi connectivity index (χ0n) is 23.4. The molecule has 0 aromatic heterocycles. The minimum absolute atomic E-state index is 0.111. The fourth-order valence-electron chi connectivity index (χ4n) is 4.53. The molecule has 1 heterocycles. The molecule has 2 atom stereocenters. The number of ether oxygens (including phenoxy) is 1. The number of esters is 1. The first-order valence-corrected chi connectivity index (χ1v) is 13.8. The van der Waals surface area contributed by atoms with E-state index in [1.54, 1.807) is 32.2 Å². The number of carbonyl (C=O) groups excluding carboxylic acids is 3. The Hall–Kier alpha value is -3.38. The number of halogens is 1. The first-order chi connectivity index (χ1) is 18.3. The van der Waals surface area contributed by atoms with E-state index in [9.17, 15) is 14.4 Å². The molecule has 1 fully saturated rings. The molecule has 2 amide bonds. The molecule has 0 spiro atoms. The molecule has 12 heteroatoms. The van der Waals surface area contributed by atoms with Crippen molar-refractivity contribution in [3.8, 4) is 5.75 Å². The summed E-state index contributed by atoms with van der Waals surface area (Å²) < 4.78 is 20.8. The Morgan fingerprint density at radius 2 is 2.00 bits per heavy atom. The van der Waals surface area contributed by atoms with E-state index in [-0.39, 0.29) is 35.2 Å². The first kappa shape index (κ1) is 31.8. The topological polar surface area (TPSA) is 143 Å². The monoisotopic (exact) mass is 562 g/mol. The van der Waals surface area contributed by atoms with Gasteiger partial charge in [0, 0.05) is 47.9 Å². The number of nitrogens with zero attached hydrogens (tertiary/aromatic N) is 3. The second-order valence-electron chi connectivity index (χ2n) is 9.70.